The molecular formula is C15H24N2O2. The SMILES string of the molecule is COC1(c2nc(C(C)C)cc(=O)[nH]2)CCCC(C)C1. The summed E-state index contributed by atoms with van der Waals surface area (Å²) in [5.41, 5.74) is 0.346. The van der Waals surface area contributed by atoms with E-state index < -0.39 is 5.60 Å². The Morgan fingerprint density at radius 2 is 2.26 bits per heavy atom. The summed E-state index contributed by atoms with van der Waals surface area (Å²) in [6.45, 7) is 6.33. The van der Waals surface area contributed by atoms with E-state index in [1.54, 1.807) is 13.2 Å². The van der Waals surface area contributed by atoms with Gasteiger partial charge in [-0.3, -0.25) is 4.79 Å². The maximum Gasteiger partial charge on any atom is 0.251 e. The molecule has 19 heavy (non-hydrogen) atoms. The van der Waals surface area contributed by atoms with Gasteiger partial charge in [0.05, 0.1) is 5.69 Å². The molecule has 1 aromatic heterocycles. The highest BCUT2D eigenvalue weighted by Gasteiger charge is 2.39. The van der Waals surface area contributed by atoms with Crippen LogP contribution in [-0.4, -0.2) is 17.1 Å². The predicted molar refractivity (Wildman–Crippen MR) is 75.3 cm³/mol. The molecule has 1 N–H and O–H groups in total. The number of nitrogens with one attached hydrogen (secondary N) is 1. The van der Waals surface area contributed by atoms with Crippen molar-refractivity contribution in [2.75, 3.05) is 7.11 Å². The van der Waals surface area contributed by atoms with Gasteiger partial charge in [0.1, 0.15) is 11.4 Å². The number of hydrogen-bond donors (Lipinski definition) is 1. The second-order valence-corrected chi connectivity index (χ2v) is 6.07. The first-order valence-electron chi connectivity index (χ1n) is 7.14. The van der Waals surface area contributed by atoms with Crippen LogP contribution in [0.1, 0.15) is 63.9 Å². The zero-order valence-corrected chi connectivity index (χ0v) is 12.3. The summed E-state index contributed by atoms with van der Waals surface area (Å²) in [5.74, 6) is 1.55. The van der Waals surface area contributed by atoms with Crippen LogP contribution in [0, 0.1) is 5.92 Å². The minimum absolute atomic E-state index is 0.0802. The largest absolute Gasteiger partial charge is 0.370 e. The third-order valence-corrected chi connectivity index (χ3v) is 4.13. The lowest BCUT2D eigenvalue weighted by Gasteiger charge is -2.38. The van der Waals surface area contributed by atoms with E-state index in [-0.39, 0.29) is 11.5 Å². The molecule has 2 unspecified atom stereocenters. The Balaban J connectivity index is 2.45. The molecule has 0 bridgehead atoms. The Hall–Kier alpha value is -1.16. The molecule has 106 valence electrons. The van der Waals surface area contributed by atoms with Gasteiger partial charge in [-0.1, -0.05) is 27.2 Å². The molecule has 1 fully saturated rings. The highest BCUT2D eigenvalue weighted by molar-refractivity contribution is 5.12. The number of nitrogens with zero attached hydrogens (tertiary/aromatic N) is 1. The van der Waals surface area contributed by atoms with E-state index in [1.165, 1.54) is 6.42 Å². The molecule has 0 saturated heterocycles. The van der Waals surface area contributed by atoms with Crippen molar-refractivity contribution in [3.05, 3.63) is 27.9 Å². The molecular weight excluding hydrogens is 240 g/mol. The van der Waals surface area contributed by atoms with E-state index in [0.717, 1.165) is 25.0 Å². The fourth-order valence-corrected chi connectivity index (χ4v) is 2.99. The number of H-pyrrole nitrogens is 1. The maximum atomic E-state index is 11.8. The molecule has 0 spiro atoms. The summed E-state index contributed by atoms with van der Waals surface area (Å²) in [6.07, 6.45) is 4.19. The first kappa shape index (κ1) is 14.3. The first-order chi connectivity index (χ1) is 8.97. The molecule has 0 radical (unpaired) electrons. The molecule has 2 atom stereocenters. The summed E-state index contributed by atoms with van der Waals surface area (Å²) in [6, 6.07) is 1.59. The van der Waals surface area contributed by atoms with Crippen LogP contribution in [0.4, 0.5) is 0 Å². The van der Waals surface area contributed by atoms with E-state index in [1.807, 2.05) is 0 Å². The Morgan fingerprint density at radius 3 is 2.84 bits per heavy atom. The number of ether oxygens (including phenoxy) is 1. The fourth-order valence-electron chi connectivity index (χ4n) is 2.99. The smallest absolute Gasteiger partial charge is 0.251 e. The molecule has 2 rings (SSSR count). The van der Waals surface area contributed by atoms with Crippen molar-refractivity contribution in [1.82, 2.24) is 9.97 Å². The lowest BCUT2D eigenvalue weighted by atomic mass is 9.78. The van der Waals surface area contributed by atoms with Crippen molar-refractivity contribution in [1.29, 1.82) is 0 Å². The zero-order valence-electron chi connectivity index (χ0n) is 12.3. The lowest BCUT2D eigenvalue weighted by molar-refractivity contribution is -0.0649. The van der Waals surface area contributed by atoms with Crippen LogP contribution in [0.15, 0.2) is 10.9 Å². The molecule has 1 aliphatic rings. The highest BCUT2D eigenvalue weighted by Crippen LogP contribution is 2.40. The van der Waals surface area contributed by atoms with Crippen molar-refractivity contribution >= 4 is 0 Å². The van der Waals surface area contributed by atoms with Crippen molar-refractivity contribution in [2.45, 2.75) is 58.0 Å². The number of rotatable bonds is 3. The molecule has 1 heterocycles. The predicted octanol–water partition coefficient (Wildman–Crippen LogP) is 2.95. The lowest BCUT2D eigenvalue weighted by Crippen LogP contribution is -2.37. The number of aromatic amines is 1. The van der Waals surface area contributed by atoms with Crippen LogP contribution in [0.25, 0.3) is 0 Å². The van der Waals surface area contributed by atoms with Gasteiger partial charge in [-0.05, 0) is 31.1 Å². The van der Waals surface area contributed by atoms with Gasteiger partial charge in [0.15, 0.2) is 0 Å². The summed E-state index contributed by atoms with van der Waals surface area (Å²) in [4.78, 5) is 19.4. The second-order valence-electron chi connectivity index (χ2n) is 6.07. The van der Waals surface area contributed by atoms with Crippen LogP contribution < -0.4 is 5.56 Å². The molecule has 4 heteroatoms. The Bertz CT molecular complexity index is 495. The molecule has 1 aliphatic carbocycles. The second kappa shape index (κ2) is 5.45. The van der Waals surface area contributed by atoms with Crippen LogP contribution in [0.5, 0.6) is 0 Å². The summed E-state index contributed by atoms with van der Waals surface area (Å²) < 4.78 is 5.79. The van der Waals surface area contributed by atoms with Crippen molar-refractivity contribution in [3.8, 4) is 0 Å². The molecule has 4 nitrogen and oxygen atoms in total. The van der Waals surface area contributed by atoms with Gasteiger partial charge in [-0.2, -0.15) is 0 Å². The average Bonchev–Trinajstić information content (AvgIpc) is 2.37. The zero-order chi connectivity index (χ0) is 14.0. The summed E-state index contributed by atoms with van der Waals surface area (Å²) in [5, 5.41) is 0. The fraction of sp³-hybridized carbons (Fsp3) is 0.733. The average molecular weight is 264 g/mol. The van der Waals surface area contributed by atoms with Gasteiger partial charge >= 0.3 is 0 Å². The van der Waals surface area contributed by atoms with Crippen LogP contribution in [0.3, 0.4) is 0 Å². The van der Waals surface area contributed by atoms with Gasteiger partial charge in [0.25, 0.3) is 5.56 Å². The number of hydrogen-bond acceptors (Lipinski definition) is 3. The van der Waals surface area contributed by atoms with E-state index in [2.05, 4.69) is 30.7 Å². The first-order valence-corrected chi connectivity index (χ1v) is 7.14. The van der Waals surface area contributed by atoms with Crippen molar-refractivity contribution < 1.29 is 4.74 Å². The van der Waals surface area contributed by atoms with Gasteiger partial charge < -0.3 is 9.72 Å². The van der Waals surface area contributed by atoms with E-state index in [4.69, 9.17) is 4.74 Å². The van der Waals surface area contributed by atoms with Gasteiger partial charge in [0, 0.05) is 13.2 Å². The Labute approximate surface area is 114 Å². The van der Waals surface area contributed by atoms with Crippen LogP contribution in [0.2, 0.25) is 0 Å². The third kappa shape index (κ3) is 2.89. The third-order valence-electron chi connectivity index (χ3n) is 4.13. The monoisotopic (exact) mass is 264 g/mol. The molecule has 1 saturated carbocycles. The van der Waals surface area contributed by atoms with Gasteiger partial charge in [-0.15, -0.1) is 0 Å². The van der Waals surface area contributed by atoms with Crippen molar-refractivity contribution in [2.24, 2.45) is 5.92 Å². The molecule has 0 aromatic carbocycles. The Kier molecular flexibility index (Phi) is 4.09. The maximum absolute atomic E-state index is 11.8. The molecule has 0 aliphatic heterocycles. The summed E-state index contributed by atoms with van der Waals surface area (Å²) in [7, 11) is 1.72. The topological polar surface area (TPSA) is 55.0 Å². The van der Waals surface area contributed by atoms with Crippen LogP contribution in [-0.2, 0) is 10.3 Å². The quantitative estimate of drug-likeness (QED) is 0.913. The minimum atomic E-state index is -0.415. The van der Waals surface area contributed by atoms with Crippen molar-refractivity contribution in [3.63, 3.8) is 0 Å². The van der Waals surface area contributed by atoms with Crippen LogP contribution >= 0.6 is 0 Å². The molecule has 1 aromatic rings. The highest BCUT2D eigenvalue weighted by atomic mass is 16.5. The van der Waals surface area contributed by atoms with E-state index >= 15 is 0 Å². The van der Waals surface area contributed by atoms with E-state index in [0.29, 0.717) is 11.7 Å². The normalized spacial score (nSPS) is 27.7. The van der Waals surface area contributed by atoms with Gasteiger partial charge in [0.2, 0.25) is 0 Å². The Morgan fingerprint density at radius 1 is 1.53 bits per heavy atom. The van der Waals surface area contributed by atoms with E-state index in [9.17, 15) is 4.79 Å². The minimum Gasteiger partial charge on any atom is -0.370 e. The summed E-state index contributed by atoms with van der Waals surface area (Å²) >= 11 is 0. The molecule has 0 amide bonds. The van der Waals surface area contributed by atoms with Gasteiger partial charge in [-0.25, -0.2) is 4.98 Å². The number of aromatic nitrogens is 2. The number of methoxy groups -OCH3 is 1. The standard InChI is InChI=1S/C15H24N2O2/c1-10(2)12-8-13(18)17-14(16-12)15(19-4)7-5-6-11(3)9-15/h8,10-11H,5-7,9H2,1-4H3,(H,16,17,18).